The first-order valence-corrected chi connectivity index (χ1v) is 7.40. The van der Waals surface area contributed by atoms with Crippen LogP contribution in [0, 0.1) is 6.92 Å². The van der Waals surface area contributed by atoms with Crippen LogP contribution in [-0.2, 0) is 12.8 Å². The van der Waals surface area contributed by atoms with Crippen LogP contribution in [0.3, 0.4) is 0 Å². The SMILES string of the molecule is Cc1nc2c(n1C(c1cccnc1)C(C)N)CCCC2. The first-order chi connectivity index (χ1) is 9.68. The molecule has 2 atom stereocenters. The van der Waals surface area contributed by atoms with E-state index in [9.17, 15) is 0 Å². The summed E-state index contributed by atoms with van der Waals surface area (Å²) < 4.78 is 2.34. The van der Waals surface area contributed by atoms with Crippen molar-refractivity contribution in [1.82, 2.24) is 14.5 Å². The lowest BCUT2D eigenvalue weighted by Gasteiger charge is -2.27. The molecule has 3 rings (SSSR count). The smallest absolute Gasteiger partial charge is 0.106 e. The van der Waals surface area contributed by atoms with Gasteiger partial charge in [0.1, 0.15) is 5.82 Å². The maximum absolute atomic E-state index is 6.29. The number of nitrogens with zero attached hydrogens (tertiary/aromatic N) is 3. The van der Waals surface area contributed by atoms with Gasteiger partial charge < -0.3 is 10.3 Å². The van der Waals surface area contributed by atoms with Gasteiger partial charge in [-0.05, 0) is 51.2 Å². The lowest BCUT2D eigenvalue weighted by molar-refractivity contribution is 0.464. The van der Waals surface area contributed by atoms with Crippen LogP contribution in [0.2, 0.25) is 0 Å². The number of aromatic nitrogens is 3. The lowest BCUT2D eigenvalue weighted by Crippen LogP contribution is -2.32. The molecule has 0 saturated carbocycles. The summed E-state index contributed by atoms with van der Waals surface area (Å²) in [6.45, 7) is 4.15. The third-order valence-corrected chi connectivity index (χ3v) is 4.15. The highest BCUT2D eigenvalue weighted by Crippen LogP contribution is 2.29. The molecule has 0 amide bonds. The molecule has 2 N–H and O–H groups in total. The molecule has 0 bridgehead atoms. The maximum Gasteiger partial charge on any atom is 0.106 e. The van der Waals surface area contributed by atoms with E-state index < -0.39 is 0 Å². The summed E-state index contributed by atoms with van der Waals surface area (Å²) in [7, 11) is 0. The van der Waals surface area contributed by atoms with Gasteiger partial charge >= 0.3 is 0 Å². The zero-order chi connectivity index (χ0) is 14.1. The van der Waals surface area contributed by atoms with E-state index in [-0.39, 0.29) is 12.1 Å². The molecule has 106 valence electrons. The van der Waals surface area contributed by atoms with Crippen molar-refractivity contribution < 1.29 is 0 Å². The highest BCUT2D eigenvalue weighted by atomic mass is 15.1. The van der Waals surface area contributed by atoms with Gasteiger partial charge in [0.2, 0.25) is 0 Å². The zero-order valence-corrected chi connectivity index (χ0v) is 12.2. The Bertz CT molecular complexity index is 586. The first kappa shape index (κ1) is 13.3. The second-order valence-electron chi connectivity index (χ2n) is 5.72. The highest BCUT2D eigenvalue weighted by molar-refractivity contribution is 5.26. The van der Waals surface area contributed by atoms with E-state index in [1.54, 1.807) is 6.20 Å². The highest BCUT2D eigenvalue weighted by Gasteiger charge is 2.26. The third-order valence-electron chi connectivity index (χ3n) is 4.15. The summed E-state index contributed by atoms with van der Waals surface area (Å²) >= 11 is 0. The van der Waals surface area contributed by atoms with Gasteiger partial charge in [-0.1, -0.05) is 6.07 Å². The predicted octanol–water partition coefficient (Wildman–Crippen LogP) is 2.40. The van der Waals surface area contributed by atoms with Gasteiger partial charge in [0.25, 0.3) is 0 Å². The number of aryl methyl sites for hydroxylation is 2. The number of rotatable bonds is 3. The molecule has 4 heteroatoms. The van der Waals surface area contributed by atoms with Crippen LogP contribution in [0.1, 0.15) is 48.6 Å². The second-order valence-corrected chi connectivity index (χ2v) is 5.72. The Morgan fingerprint density at radius 2 is 2.10 bits per heavy atom. The molecule has 0 saturated heterocycles. The summed E-state index contributed by atoms with van der Waals surface area (Å²) in [6, 6.07) is 4.23. The van der Waals surface area contributed by atoms with E-state index in [0.717, 1.165) is 24.2 Å². The molecule has 2 unspecified atom stereocenters. The van der Waals surface area contributed by atoms with Crippen LogP contribution in [-0.4, -0.2) is 20.6 Å². The molecule has 2 heterocycles. The summed E-state index contributed by atoms with van der Waals surface area (Å²) in [6.07, 6.45) is 8.43. The monoisotopic (exact) mass is 270 g/mol. The molecule has 4 nitrogen and oxygen atoms in total. The quantitative estimate of drug-likeness (QED) is 0.931. The minimum atomic E-state index is 0.0260. The maximum atomic E-state index is 6.29. The van der Waals surface area contributed by atoms with Crippen molar-refractivity contribution in [3.8, 4) is 0 Å². The van der Waals surface area contributed by atoms with Gasteiger partial charge in [0.05, 0.1) is 11.7 Å². The molecule has 1 aliphatic carbocycles. The lowest BCUT2D eigenvalue weighted by atomic mass is 9.98. The number of fused-ring (bicyclic) bond motifs is 1. The molecule has 0 spiro atoms. The van der Waals surface area contributed by atoms with E-state index >= 15 is 0 Å². The Balaban J connectivity index is 2.11. The molecule has 1 aliphatic rings. The van der Waals surface area contributed by atoms with Crippen molar-refractivity contribution >= 4 is 0 Å². The molecule has 2 aromatic rings. The molecule has 2 aromatic heterocycles. The fourth-order valence-corrected chi connectivity index (χ4v) is 3.31. The van der Waals surface area contributed by atoms with Crippen molar-refractivity contribution in [2.45, 2.75) is 51.6 Å². The van der Waals surface area contributed by atoms with E-state index in [0.29, 0.717) is 0 Å². The summed E-state index contributed by atoms with van der Waals surface area (Å²) in [4.78, 5) is 9.02. The molecule has 0 aromatic carbocycles. The van der Waals surface area contributed by atoms with Crippen molar-refractivity contribution in [3.63, 3.8) is 0 Å². The summed E-state index contributed by atoms with van der Waals surface area (Å²) in [5.41, 5.74) is 10.1. The van der Waals surface area contributed by atoms with Crippen LogP contribution in [0.25, 0.3) is 0 Å². The number of nitrogens with two attached hydrogens (primary N) is 1. The van der Waals surface area contributed by atoms with E-state index in [2.05, 4.69) is 29.5 Å². The van der Waals surface area contributed by atoms with Gasteiger partial charge in [0, 0.05) is 24.1 Å². The minimum absolute atomic E-state index is 0.0260. The van der Waals surface area contributed by atoms with Crippen molar-refractivity contribution in [2.75, 3.05) is 0 Å². The van der Waals surface area contributed by atoms with Crippen LogP contribution < -0.4 is 5.73 Å². The van der Waals surface area contributed by atoms with E-state index in [1.807, 2.05) is 12.3 Å². The fraction of sp³-hybridized carbons (Fsp3) is 0.500. The molecule has 20 heavy (non-hydrogen) atoms. The Labute approximate surface area is 120 Å². The van der Waals surface area contributed by atoms with Gasteiger partial charge in [-0.15, -0.1) is 0 Å². The predicted molar refractivity (Wildman–Crippen MR) is 79.6 cm³/mol. The number of hydrogen-bond donors (Lipinski definition) is 1. The first-order valence-electron chi connectivity index (χ1n) is 7.40. The Morgan fingerprint density at radius 1 is 1.30 bits per heavy atom. The topological polar surface area (TPSA) is 56.7 Å². The van der Waals surface area contributed by atoms with Crippen LogP contribution in [0.15, 0.2) is 24.5 Å². The molecular weight excluding hydrogens is 248 g/mol. The normalized spacial score (nSPS) is 17.6. The van der Waals surface area contributed by atoms with Gasteiger partial charge in [-0.2, -0.15) is 0 Å². The largest absolute Gasteiger partial charge is 0.326 e. The van der Waals surface area contributed by atoms with Gasteiger partial charge in [-0.3, -0.25) is 4.98 Å². The summed E-state index contributed by atoms with van der Waals surface area (Å²) in [5, 5.41) is 0. The van der Waals surface area contributed by atoms with E-state index in [1.165, 1.54) is 24.2 Å². The van der Waals surface area contributed by atoms with Crippen LogP contribution in [0.5, 0.6) is 0 Å². The molecule has 0 radical (unpaired) electrons. The molecule has 0 fully saturated rings. The van der Waals surface area contributed by atoms with Crippen LogP contribution >= 0.6 is 0 Å². The van der Waals surface area contributed by atoms with E-state index in [4.69, 9.17) is 10.7 Å². The second kappa shape index (κ2) is 5.37. The van der Waals surface area contributed by atoms with Gasteiger partial charge in [0.15, 0.2) is 0 Å². The summed E-state index contributed by atoms with van der Waals surface area (Å²) in [5.74, 6) is 1.07. The van der Waals surface area contributed by atoms with Gasteiger partial charge in [-0.25, -0.2) is 4.98 Å². The minimum Gasteiger partial charge on any atom is -0.326 e. The zero-order valence-electron chi connectivity index (χ0n) is 12.2. The number of pyridine rings is 1. The fourth-order valence-electron chi connectivity index (χ4n) is 3.31. The Morgan fingerprint density at radius 3 is 2.80 bits per heavy atom. The standard InChI is InChI=1S/C16H22N4/c1-11(17)16(13-6-5-9-18-10-13)20-12(2)19-14-7-3-4-8-15(14)20/h5-6,9-11,16H,3-4,7-8,17H2,1-2H3. The third kappa shape index (κ3) is 2.24. The number of hydrogen-bond acceptors (Lipinski definition) is 3. The molecule has 0 aliphatic heterocycles. The van der Waals surface area contributed by atoms with Crippen molar-refractivity contribution in [3.05, 3.63) is 47.3 Å². The number of imidazole rings is 1. The van der Waals surface area contributed by atoms with Crippen LogP contribution in [0.4, 0.5) is 0 Å². The Kier molecular flexibility index (Phi) is 3.57. The average molecular weight is 270 g/mol. The molecular formula is C16H22N4. The van der Waals surface area contributed by atoms with Crippen molar-refractivity contribution in [1.29, 1.82) is 0 Å². The van der Waals surface area contributed by atoms with Crippen molar-refractivity contribution in [2.24, 2.45) is 5.73 Å². The average Bonchev–Trinajstić information content (AvgIpc) is 2.77. The Hall–Kier alpha value is -1.68.